The summed E-state index contributed by atoms with van der Waals surface area (Å²) in [6.07, 6.45) is 5.50. The number of rotatable bonds is 6. The maximum atomic E-state index is 12.6. The lowest BCUT2D eigenvalue weighted by Crippen LogP contribution is -2.60. The minimum Gasteiger partial charge on any atom is -0.474 e. The summed E-state index contributed by atoms with van der Waals surface area (Å²) in [7, 11) is 0. The molecule has 150 valence electrons. The van der Waals surface area contributed by atoms with E-state index in [0.29, 0.717) is 12.3 Å². The van der Waals surface area contributed by atoms with E-state index in [1.807, 2.05) is 13.8 Å². The van der Waals surface area contributed by atoms with Gasteiger partial charge in [0.1, 0.15) is 17.7 Å². The van der Waals surface area contributed by atoms with Crippen LogP contribution in [-0.4, -0.2) is 45.9 Å². The first-order chi connectivity index (χ1) is 13.3. The third-order valence-electron chi connectivity index (χ3n) is 6.10. The van der Waals surface area contributed by atoms with Crippen molar-refractivity contribution >= 4 is 17.8 Å². The van der Waals surface area contributed by atoms with Gasteiger partial charge in [0.25, 0.3) is 11.8 Å². The van der Waals surface area contributed by atoms with Gasteiger partial charge >= 0.3 is 6.03 Å². The molecule has 0 radical (unpaired) electrons. The van der Waals surface area contributed by atoms with Gasteiger partial charge in [-0.15, -0.1) is 0 Å². The highest BCUT2D eigenvalue weighted by Crippen LogP contribution is 2.58. The molecule has 3 aliphatic rings. The molecule has 0 bridgehead atoms. The first-order valence-corrected chi connectivity index (χ1v) is 9.83. The standard InChI is InChI=1S/C20H26N4O4/c1-11(2)6-15-18(26)24(19(27)23-15)12-7-20(8-12)9-13(10-20)28-17-14(16(21)25)4-3-5-22-17/h3-5,11-13,15H,6-10H2,1-2H3,(H2,21,25)(H,23,27)/t12-,13-,15-,20?/m0/s1. The second-order valence-corrected chi connectivity index (χ2v) is 8.77. The van der Waals surface area contributed by atoms with Crippen LogP contribution >= 0.6 is 0 Å². The van der Waals surface area contributed by atoms with Crippen molar-refractivity contribution in [1.29, 1.82) is 0 Å². The normalized spacial score (nSPS) is 31.5. The fourth-order valence-corrected chi connectivity index (χ4v) is 4.80. The quantitative estimate of drug-likeness (QED) is 0.724. The van der Waals surface area contributed by atoms with Crippen LogP contribution in [0.3, 0.4) is 0 Å². The molecule has 8 nitrogen and oxygen atoms in total. The molecule has 1 saturated heterocycles. The average molecular weight is 386 g/mol. The molecule has 1 aliphatic heterocycles. The van der Waals surface area contributed by atoms with Crippen LogP contribution in [-0.2, 0) is 4.79 Å². The van der Waals surface area contributed by atoms with E-state index in [1.165, 1.54) is 4.90 Å². The minimum atomic E-state index is -0.560. The molecular weight excluding hydrogens is 360 g/mol. The molecule has 1 aromatic heterocycles. The van der Waals surface area contributed by atoms with E-state index < -0.39 is 11.9 Å². The number of carbonyl (C=O) groups is 3. The Labute approximate surface area is 163 Å². The second-order valence-electron chi connectivity index (χ2n) is 8.77. The maximum absolute atomic E-state index is 12.6. The summed E-state index contributed by atoms with van der Waals surface area (Å²) in [6, 6.07) is 2.57. The van der Waals surface area contributed by atoms with Crippen molar-refractivity contribution in [1.82, 2.24) is 15.2 Å². The Morgan fingerprint density at radius 2 is 2.07 bits per heavy atom. The highest BCUT2D eigenvalue weighted by atomic mass is 16.5. The van der Waals surface area contributed by atoms with Gasteiger partial charge in [0.15, 0.2) is 0 Å². The molecule has 28 heavy (non-hydrogen) atoms. The zero-order valence-corrected chi connectivity index (χ0v) is 16.2. The van der Waals surface area contributed by atoms with Crippen LogP contribution in [0.4, 0.5) is 4.79 Å². The average Bonchev–Trinajstić information content (AvgIpc) is 2.82. The fourth-order valence-electron chi connectivity index (χ4n) is 4.80. The molecular formula is C20H26N4O4. The Morgan fingerprint density at radius 1 is 1.36 bits per heavy atom. The summed E-state index contributed by atoms with van der Waals surface area (Å²) in [5, 5.41) is 2.82. The number of primary amides is 1. The van der Waals surface area contributed by atoms with Crippen molar-refractivity contribution in [3.63, 3.8) is 0 Å². The number of aromatic nitrogens is 1. The SMILES string of the molecule is CC(C)C[C@@H]1NC(=O)N([C@H]2CC3(C[C@H](Oc4ncccc4C(N)=O)C3)C2)C1=O. The molecule has 2 aliphatic carbocycles. The van der Waals surface area contributed by atoms with Crippen LogP contribution < -0.4 is 15.8 Å². The number of ether oxygens (including phenoxy) is 1. The Balaban J connectivity index is 1.31. The van der Waals surface area contributed by atoms with Crippen molar-refractivity contribution < 1.29 is 19.1 Å². The molecule has 2 heterocycles. The first kappa shape index (κ1) is 18.7. The molecule has 1 aromatic rings. The Bertz CT molecular complexity index is 810. The lowest BCUT2D eigenvalue weighted by Gasteiger charge is -2.58. The summed E-state index contributed by atoms with van der Waals surface area (Å²) in [6.45, 7) is 4.08. The predicted molar refractivity (Wildman–Crippen MR) is 100 cm³/mol. The van der Waals surface area contributed by atoms with Gasteiger partial charge in [0, 0.05) is 12.2 Å². The molecule has 1 spiro atoms. The van der Waals surface area contributed by atoms with E-state index in [2.05, 4.69) is 10.3 Å². The van der Waals surface area contributed by atoms with Crippen LogP contribution in [0.25, 0.3) is 0 Å². The highest BCUT2D eigenvalue weighted by molar-refractivity contribution is 6.04. The Hall–Kier alpha value is -2.64. The van der Waals surface area contributed by atoms with Gasteiger partial charge in [-0.2, -0.15) is 0 Å². The van der Waals surface area contributed by atoms with Crippen molar-refractivity contribution in [3.8, 4) is 5.88 Å². The zero-order valence-electron chi connectivity index (χ0n) is 16.2. The van der Waals surface area contributed by atoms with E-state index >= 15 is 0 Å². The van der Waals surface area contributed by atoms with Gasteiger partial charge < -0.3 is 15.8 Å². The molecule has 3 fully saturated rings. The number of amides is 4. The first-order valence-electron chi connectivity index (χ1n) is 9.83. The number of pyridine rings is 1. The van der Waals surface area contributed by atoms with E-state index in [9.17, 15) is 14.4 Å². The highest BCUT2D eigenvalue weighted by Gasteiger charge is 2.58. The number of imide groups is 1. The van der Waals surface area contributed by atoms with Crippen molar-refractivity contribution in [3.05, 3.63) is 23.9 Å². The summed E-state index contributed by atoms with van der Waals surface area (Å²) in [4.78, 5) is 41.8. The van der Waals surface area contributed by atoms with Gasteiger partial charge in [0.2, 0.25) is 5.88 Å². The van der Waals surface area contributed by atoms with Crippen molar-refractivity contribution in [2.75, 3.05) is 0 Å². The summed E-state index contributed by atoms with van der Waals surface area (Å²) >= 11 is 0. The number of hydrogen-bond donors (Lipinski definition) is 2. The number of hydrogen-bond acceptors (Lipinski definition) is 5. The topological polar surface area (TPSA) is 115 Å². The van der Waals surface area contributed by atoms with Crippen LogP contribution in [0.15, 0.2) is 18.3 Å². The molecule has 3 N–H and O–H groups in total. The third kappa shape index (κ3) is 3.21. The number of nitrogens with one attached hydrogen (secondary N) is 1. The lowest BCUT2D eigenvalue weighted by molar-refractivity contribution is -0.141. The molecule has 0 unspecified atom stereocenters. The fraction of sp³-hybridized carbons (Fsp3) is 0.600. The smallest absolute Gasteiger partial charge is 0.325 e. The molecule has 8 heteroatoms. The van der Waals surface area contributed by atoms with Crippen molar-refractivity contribution in [2.45, 2.75) is 64.1 Å². The largest absolute Gasteiger partial charge is 0.474 e. The van der Waals surface area contributed by atoms with Gasteiger partial charge in [-0.25, -0.2) is 9.78 Å². The molecule has 4 rings (SSSR count). The summed E-state index contributed by atoms with van der Waals surface area (Å²) in [5.74, 6) is -0.0275. The predicted octanol–water partition coefficient (Wildman–Crippen LogP) is 1.84. The second kappa shape index (κ2) is 6.76. The monoisotopic (exact) mass is 386 g/mol. The summed E-state index contributed by atoms with van der Waals surface area (Å²) in [5.41, 5.74) is 5.76. The van der Waals surface area contributed by atoms with Crippen LogP contribution in [0.1, 0.15) is 56.3 Å². The number of urea groups is 1. The zero-order chi connectivity index (χ0) is 20.1. The molecule has 4 amide bonds. The van der Waals surface area contributed by atoms with E-state index in [1.54, 1.807) is 18.3 Å². The Morgan fingerprint density at radius 3 is 2.71 bits per heavy atom. The van der Waals surface area contributed by atoms with Crippen LogP contribution in [0, 0.1) is 11.3 Å². The van der Waals surface area contributed by atoms with Gasteiger partial charge in [-0.1, -0.05) is 13.8 Å². The third-order valence-corrected chi connectivity index (χ3v) is 6.10. The van der Waals surface area contributed by atoms with E-state index in [0.717, 1.165) is 25.7 Å². The molecule has 1 atom stereocenters. The number of carbonyl (C=O) groups excluding carboxylic acids is 3. The number of nitrogens with two attached hydrogens (primary N) is 1. The molecule has 0 aromatic carbocycles. The van der Waals surface area contributed by atoms with Gasteiger partial charge in [0.05, 0.1) is 0 Å². The molecule has 2 saturated carbocycles. The van der Waals surface area contributed by atoms with Gasteiger partial charge in [-0.05, 0) is 55.6 Å². The Kier molecular flexibility index (Phi) is 4.51. The van der Waals surface area contributed by atoms with E-state index in [4.69, 9.17) is 10.5 Å². The van der Waals surface area contributed by atoms with Crippen LogP contribution in [0.2, 0.25) is 0 Å². The maximum Gasteiger partial charge on any atom is 0.325 e. The number of nitrogens with zero attached hydrogens (tertiary/aromatic N) is 2. The lowest BCUT2D eigenvalue weighted by atomic mass is 9.52. The van der Waals surface area contributed by atoms with Crippen LogP contribution in [0.5, 0.6) is 5.88 Å². The van der Waals surface area contributed by atoms with E-state index in [-0.39, 0.29) is 40.9 Å². The summed E-state index contributed by atoms with van der Waals surface area (Å²) < 4.78 is 5.87. The van der Waals surface area contributed by atoms with Gasteiger partial charge in [-0.3, -0.25) is 14.5 Å². The minimum absolute atomic E-state index is 0.0225. The van der Waals surface area contributed by atoms with Crippen molar-refractivity contribution in [2.24, 2.45) is 17.1 Å².